The fraction of sp³-hybridized carbons (Fsp3) is 0.176. The minimum absolute atomic E-state index is 0.340. The Morgan fingerprint density at radius 1 is 1.30 bits per heavy atom. The molecule has 6 heteroatoms. The van der Waals surface area contributed by atoms with E-state index in [1.54, 1.807) is 18.4 Å². The number of guanidine groups is 1. The van der Waals surface area contributed by atoms with Gasteiger partial charge in [-0.1, -0.05) is 35.6 Å². The molecule has 0 fully saturated rings. The molecule has 1 aromatic heterocycles. The quantitative estimate of drug-likeness (QED) is 0.568. The zero-order chi connectivity index (χ0) is 16.2. The molecule has 0 aliphatic rings. The van der Waals surface area contributed by atoms with Gasteiger partial charge in [-0.3, -0.25) is 0 Å². The average molecular weight is 326 g/mol. The van der Waals surface area contributed by atoms with Crippen molar-refractivity contribution in [1.29, 1.82) is 0 Å². The van der Waals surface area contributed by atoms with E-state index in [2.05, 4.69) is 28.3 Å². The Labute approximate surface area is 138 Å². The van der Waals surface area contributed by atoms with Gasteiger partial charge in [-0.05, 0) is 30.7 Å². The third-order valence-electron chi connectivity index (χ3n) is 3.39. The lowest BCUT2D eigenvalue weighted by Crippen LogP contribution is -2.22. The second-order valence-electron chi connectivity index (χ2n) is 5.13. The summed E-state index contributed by atoms with van der Waals surface area (Å²) in [7, 11) is 1.65. The predicted octanol–water partition coefficient (Wildman–Crippen LogP) is 3.54. The summed E-state index contributed by atoms with van der Waals surface area (Å²) in [4.78, 5) is 8.86. The van der Waals surface area contributed by atoms with Crippen LogP contribution in [0.2, 0.25) is 0 Å². The maximum absolute atomic E-state index is 5.96. The Morgan fingerprint density at radius 3 is 2.96 bits per heavy atom. The highest BCUT2D eigenvalue weighted by Crippen LogP contribution is 2.26. The molecule has 0 spiro atoms. The van der Waals surface area contributed by atoms with E-state index in [0.717, 1.165) is 26.7 Å². The van der Waals surface area contributed by atoms with Crippen molar-refractivity contribution >= 4 is 32.6 Å². The number of aliphatic imine (C=N–C) groups is 1. The number of aromatic nitrogens is 1. The topological polar surface area (TPSA) is 72.5 Å². The summed E-state index contributed by atoms with van der Waals surface area (Å²) in [6.45, 7) is 2.52. The molecule has 23 heavy (non-hydrogen) atoms. The largest absolute Gasteiger partial charge is 0.496 e. The van der Waals surface area contributed by atoms with Crippen LogP contribution in [0, 0.1) is 6.92 Å². The summed E-state index contributed by atoms with van der Waals surface area (Å²) >= 11 is 1.56. The third-order valence-corrected chi connectivity index (χ3v) is 4.32. The van der Waals surface area contributed by atoms with Gasteiger partial charge in [0.05, 0.1) is 23.9 Å². The highest BCUT2D eigenvalue weighted by atomic mass is 32.1. The summed E-state index contributed by atoms with van der Waals surface area (Å²) in [5.41, 5.74) is 9.12. The van der Waals surface area contributed by atoms with Crippen LogP contribution in [-0.2, 0) is 6.54 Å². The lowest BCUT2D eigenvalue weighted by Gasteiger charge is -2.06. The number of anilines is 1. The van der Waals surface area contributed by atoms with Gasteiger partial charge in [0.1, 0.15) is 5.75 Å². The number of para-hydroxylation sites is 1. The normalized spacial score (nSPS) is 11.7. The first kappa shape index (κ1) is 15.3. The zero-order valence-electron chi connectivity index (χ0n) is 13.0. The van der Waals surface area contributed by atoms with Gasteiger partial charge >= 0.3 is 0 Å². The van der Waals surface area contributed by atoms with Gasteiger partial charge in [-0.2, -0.15) is 0 Å². The molecule has 2 aromatic carbocycles. The van der Waals surface area contributed by atoms with Crippen molar-refractivity contribution in [3.8, 4) is 5.75 Å². The van der Waals surface area contributed by atoms with E-state index in [-0.39, 0.29) is 0 Å². The van der Waals surface area contributed by atoms with Crippen molar-refractivity contribution in [2.45, 2.75) is 13.5 Å². The Bertz CT molecular complexity index is 857. The SMILES string of the molecule is COc1ccccc1CN=C(N)Nc1nc2ccc(C)cc2s1. The predicted molar refractivity (Wildman–Crippen MR) is 96.3 cm³/mol. The van der Waals surface area contributed by atoms with Gasteiger partial charge in [-0.15, -0.1) is 0 Å². The van der Waals surface area contributed by atoms with E-state index in [4.69, 9.17) is 10.5 Å². The standard InChI is InChI=1S/C17H18N4OS/c1-11-7-8-13-15(9-11)23-17(20-13)21-16(18)19-10-12-5-3-4-6-14(12)22-2/h3-9H,10H2,1-2H3,(H3,18,19,20,21). The van der Waals surface area contributed by atoms with Crippen molar-refractivity contribution in [3.05, 3.63) is 53.6 Å². The molecule has 3 aromatic rings. The molecule has 0 aliphatic carbocycles. The van der Waals surface area contributed by atoms with Gasteiger partial charge in [0, 0.05) is 5.56 Å². The molecule has 1 heterocycles. The van der Waals surface area contributed by atoms with Gasteiger partial charge < -0.3 is 15.8 Å². The number of methoxy groups -OCH3 is 1. The molecule has 0 atom stereocenters. The monoisotopic (exact) mass is 326 g/mol. The van der Waals surface area contributed by atoms with Crippen LogP contribution in [0.5, 0.6) is 5.75 Å². The summed E-state index contributed by atoms with van der Waals surface area (Å²) in [5, 5.41) is 3.80. The number of benzene rings is 2. The fourth-order valence-electron chi connectivity index (χ4n) is 2.24. The minimum Gasteiger partial charge on any atom is -0.496 e. The van der Waals surface area contributed by atoms with Gasteiger partial charge in [0.2, 0.25) is 0 Å². The fourth-order valence-corrected chi connectivity index (χ4v) is 3.21. The van der Waals surface area contributed by atoms with Gasteiger partial charge in [0.25, 0.3) is 0 Å². The summed E-state index contributed by atoms with van der Waals surface area (Å²) in [5.74, 6) is 1.14. The molecule has 0 amide bonds. The second-order valence-corrected chi connectivity index (χ2v) is 6.16. The van der Waals surface area contributed by atoms with Crippen LogP contribution in [0.3, 0.4) is 0 Å². The number of fused-ring (bicyclic) bond motifs is 1. The number of hydrogen-bond acceptors (Lipinski definition) is 4. The van der Waals surface area contributed by atoms with E-state index in [9.17, 15) is 0 Å². The highest BCUT2D eigenvalue weighted by Gasteiger charge is 2.05. The Morgan fingerprint density at radius 2 is 2.13 bits per heavy atom. The molecule has 0 aliphatic heterocycles. The molecule has 0 saturated carbocycles. The van der Waals surface area contributed by atoms with Crippen molar-refractivity contribution in [1.82, 2.24) is 4.98 Å². The molecule has 0 unspecified atom stereocenters. The number of ether oxygens (including phenoxy) is 1. The van der Waals surface area contributed by atoms with E-state index < -0.39 is 0 Å². The summed E-state index contributed by atoms with van der Waals surface area (Å²) < 4.78 is 6.44. The number of nitrogens with one attached hydrogen (secondary N) is 1. The zero-order valence-corrected chi connectivity index (χ0v) is 13.9. The van der Waals surface area contributed by atoms with Gasteiger partial charge in [-0.25, -0.2) is 9.98 Å². The van der Waals surface area contributed by atoms with Gasteiger partial charge in [0.15, 0.2) is 11.1 Å². The minimum atomic E-state index is 0.340. The molecule has 3 N–H and O–H groups in total. The number of nitrogens with two attached hydrogens (primary N) is 1. The third kappa shape index (κ3) is 3.60. The molecule has 5 nitrogen and oxygen atoms in total. The van der Waals surface area contributed by atoms with Crippen LogP contribution in [0.15, 0.2) is 47.5 Å². The van der Waals surface area contributed by atoms with Crippen LogP contribution in [0.25, 0.3) is 10.2 Å². The highest BCUT2D eigenvalue weighted by molar-refractivity contribution is 7.22. The van der Waals surface area contributed by atoms with Crippen molar-refractivity contribution in [2.75, 3.05) is 12.4 Å². The number of aryl methyl sites for hydroxylation is 1. The Hall–Kier alpha value is -2.60. The Kier molecular flexibility index (Phi) is 4.43. The van der Waals surface area contributed by atoms with Crippen LogP contribution in [0.4, 0.5) is 5.13 Å². The molecular weight excluding hydrogens is 308 g/mol. The number of thiazole rings is 1. The van der Waals surface area contributed by atoms with E-state index in [1.807, 2.05) is 36.4 Å². The first-order chi connectivity index (χ1) is 11.2. The van der Waals surface area contributed by atoms with Crippen LogP contribution in [0.1, 0.15) is 11.1 Å². The first-order valence-corrected chi connectivity index (χ1v) is 8.03. The number of hydrogen-bond donors (Lipinski definition) is 2. The Balaban J connectivity index is 1.73. The van der Waals surface area contributed by atoms with Crippen LogP contribution < -0.4 is 15.8 Å². The smallest absolute Gasteiger partial charge is 0.195 e. The van der Waals surface area contributed by atoms with Crippen molar-refractivity contribution in [2.24, 2.45) is 10.7 Å². The maximum atomic E-state index is 5.96. The van der Waals surface area contributed by atoms with Crippen molar-refractivity contribution < 1.29 is 4.74 Å². The second kappa shape index (κ2) is 6.66. The van der Waals surface area contributed by atoms with Crippen LogP contribution in [-0.4, -0.2) is 18.1 Å². The summed E-state index contributed by atoms with van der Waals surface area (Å²) in [6.07, 6.45) is 0. The first-order valence-electron chi connectivity index (χ1n) is 7.22. The van der Waals surface area contributed by atoms with E-state index >= 15 is 0 Å². The van der Waals surface area contributed by atoms with Crippen molar-refractivity contribution in [3.63, 3.8) is 0 Å². The lowest BCUT2D eigenvalue weighted by atomic mass is 10.2. The van der Waals surface area contributed by atoms with E-state index in [1.165, 1.54) is 5.56 Å². The number of nitrogens with zero attached hydrogens (tertiary/aromatic N) is 2. The average Bonchev–Trinajstić information content (AvgIpc) is 2.94. The molecular formula is C17H18N4OS. The molecule has 0 radical (unpaired) electrons. The molecule has 0 saturated heterocycles. The molecule has 0 bridgehead atoms. The number of rotatable bonds is 4. The molecule has 118 valence electrons. The lowest BCUT2D eigenvalue weighted by molar-refractivity contribution is 0.410. The summed E-state index contributed by atoms with van der Waals surface area (Å²) in [6, 6.07) is 13.9. The van der Waals surface area contributed by atoms with E-state index in [0.29, 0.717) is 12.5 Å². The maximum Gasteiger partial charge on any atom is 0.195 e. The van der Waals surface area contributed by atoms with Crippen LogP contribution >= 0.6 is 11.3 Å². The molecule has 3 rings (SSSR count).